The van der Waals surface area contributed by atoms with Crippen molar-refractivity contribution in [1.29, 1.82) is 0 Å². The molecule has 2 N–H and O–H groups in total. The van der Waals surface area contributed by atoms with Crippen molar-refractivity contribution in [3.8, 4) is 0 Å². The Morgan fingerprint density at radius 3 is 2.74 bits per heavy atom. The number of amides is 1. The molecule has 3 aromatic rings. The van der Waals surface area contributed by atoms with Crippen LogP contribution in [-0.2, 0) is 0 Å². The summed E-state index contributed by atoms with van der Waals surface area (Å²) in [6, 6.07) is 0.464. The summed E-state index contributed by atoms with van der Waals surface area (Å²) >= 11 is 0. The van der Waals surface area contributed by atoms with E-state index in [0.717, 1.165) is 42.4 Å². The van der Waals surface area contributed by atoms with Gasteiger partial charge in [0.25, 0.3) is 5.91 Å². The molecule has 9 nitrogen and oxygen atoms in total. The maximum atomic E-state index is 12.5. The van der Waals surface area contributed by atoms with Gasteiger partial charge in [0, 0.05) is 25.3 Å². The third-order valence-electron chi connectivity index (χ3n) is 4.76. The van der Waals surface area contributed by atoms with Crippen LogP contribution >= 0.6 is 0 Å². The van der Waals surface area contributed by atoms with Crippen LogP contribution in [0.3, 0.4) is 0 Å². The van der Waals surface area contributed by atoms with Gasteiger partial charge in [-0.15, -0.1) is 0 Å². The average Bonchev–Trinajstić information content (AvgIpc) is 3.28. The van der Waals surface area contributed by atoms with Gasteiger partial charge >= 0.3 is 0 Å². The first kappa shape index (κ1) is 17.3. The number of hydrogen-bond acceptors (Lipinski definition) is 7. The van der Waals surface area contributed by atoms with E-state index in [4.69, 9.17) is 0 Å². The highest BCUT2D eigenvalue weighted by Crippen LogP contribution is 2.17. The highest BCUT2D eigenvalue weighted by atomic mass is 16.1. The number of nitrogens with zero attached hydrogens (tertiary/aromatic N) is 6. The average molecular weight is 366 g/mol. The molecule has 0 bridgehead atoms. The zero-order valence-electron chi connectivity index (χ0n) is 15.6. The fourth-order valence-corrected chi connectivity index (χ4v) is 3.32. The molecule has 1 aliphatic rings. The fourth-order valence-electron chi connectivity index (χ4n) is 3.32. The number of likely N-dealkylation sites (N-methyl/N-ethyl adjacent to an activating group) is 1. The lowest BCUT2D eigenvalue weighted by molar-refractivity contribution is 0.102. The number of carbonyl (C=O) groups is 1. The molecule has 0 saturated carbocycles. The summed E-state index contributed by atoms with van der Waals surface area (Å²) in [7, 11) is 1.96. The van der Waals surface area contributed by atoms with Crippen molar-refractivity contribution in [2.45, 2.75) is 26.3 Å². The highest BCUT2D eigenvalue weighted by molar-refractivity contribution is 6.02. The van der Waals surface area contributed by atoms with Crippen LogP contribution in [0.1, 0.15) is 28.3 Å². The van der Waals surface area contributed by atoms with Gasteiger partial charge < -0.3 is 19.9 Å². The molecule has 4 heterocycles. The fraction of sp³-hybridized carbons (Fsp3) is 0.389. The molecular formula is C18H22N8O. The summed E-state index contributed by atoms with van der Waals surface area (Å²) in [5.74, 6) is 0.893. The Balaban J connectivity index is 1.48. The third kappa shape index (κ3) is 3.45. The lowest BCUT2D eigenvalue weighted by Crippen LogP contribution is -2.30. The maximum Gasteiger partial charge on any atom is 0.277 e. The highest BCUT2D eigenvalue weighted by Gasteiger charge is 2.22. The molecule has 1 unspecified atom stereocenters. The smallest absolute Gasteiger partial charge is 0.277 e. The van der Waals surface area contributed by atoms with Crippen molar-refractivity contribution in [3.63, 3.8) is 0 Å². The van der Waals surface area contributed by atoms with Crippen molar-refractivity contribution < 1.29 is 4.79 Å². The van der Waals surface area contributed by atoms with E-state index >= 15 is 0 Å². The molecule has 1 fully saturated rings. The Labute approximate surface area is 156 Å². The van der Waals surface area contributed by atoms with E-state index in [-0.39, 0.29) is 11.6 Å². The van der Waals surface area contributed by atoms with Crippen LogP contribution in [0.25, 0.3) is 5.65 Å². The van der Waals surface area contributed by atoms with Crippen LogP contribution in [-0.4, -0.2) is 56.4 Å². The molecule has 0 aliphatic carbocycles. The third-order valence-corrected chi connectivity index (χ3v) is 4.76. The van der Waals surface area contributed by atoms with Crippen molar-refractivity contribution in [3.05, 3.63) is 41.9 Å². The predicted molar refractivity (Wildman–Crippen MR) is 102 cm³/mol. The summed E-state index contributed by atoms with van der Waals surface area (Å²) in [4.78, 5) is 32.1. The summed E-state index contributed by atoms with van der Waals surface area (Å²) in [5.41, 5.74) is 2.67. The van der Waals surface area contributed by atoms with Crippen molar-refractivity contribution in [2.75, 3.05) is 30.4 Å². The number of anilines is 2. The minimum absolute atomic E-state index is 0.254. The molecule has 1 aliphatic heterocycles. The lowest BCUT2D eigenvalue weighted by atomic mass is 10.3. The number of fused-ring (bicyclic) bond motifs is 1. The first-order chi connectivity index (χ1) is 13.0. The number of aromatic nitrogens is 5. The van der Waals surface area contributed by atoms with E-state index in [9.17, 15) is 4.79 Å². The molecular weight excluding hydrogens is 344 g/mol. The van der Waals surface area contributed by atoms with Crippen LogP contribution < -0.4 is 15.5 Å². The van der Waals surface area contributed by atoms with Crippen LogP contribution in [0, 0.1) is 13.8 Å². The monoisotopic (exact) mass is 366 g/mol. The van der Waals surface area contributed by atoms with E-state index in [0.29, 0.717) is 11.9 Å². The van der Waals surface area contributed by atoms with Crippen molar-refractivity contribution in [2.24, 2.45) is 0 Å². The number of nitrogens with one attached hydrogen (secondary N) is 2. The van der Waals surface area contributed by atoms with Gasteiger partial charge in [0.15, 0.2) is 5.65 Å². The molecule has 1 saturated heterocycles. The zero-order valence-corrected chi connectivity index (χ0v) is 15.6. The van der Waals surface area contributed by atoms with Crippen LogP contribution in [0.4, 0.5) is 11.6 Å². The van der Waals surface area contributed by atoms with Gasteiger partial charge in [-0.1, -0.05) is 0 Å². The number of rotatable bonds is 4. The second-order valence-corrected chi connectivity index (χ2v) is 6.76. The molecule has 9 heteroatoms. The summed E-state index contributed by atoms with van der Waals surface area (Å²) in [6.07, 6.45) is 7.85. The first-order valence-corrected chi connectivity index (χ1v) is 8.92. The minimum atomic E-state index is -0.341. The molecule has 0 aromatic carbocycles. The summed E-state index contributed by atoms with van der Waals surface area (Å²) in [6.45, 7) is 5.60. The van der Waals surface area contributed by atoms with Gasteiger partial charge in [-0.3, -0.25) is 4.79 Å². The lowest BCUT2D eigenvalue weighted by Gasteiger charge is -2.16. The molecule has 0 spiro atoms. The Morgan fingerprint density at radius 2 is 2.04 bits per heavy atom. The van der Waals surface area contributed by atoms with Gasteiger partial charge in [0.05, 0.1) is 30.0 Å². The molecule has 140 valence electrons. The largest absolute Gasteiger partial charge is 0.354 e. The Hall–Kier alpha value is -3.07. The molecule has 3 aromatic heterocycles. The van der Waals surface area contributed by atoms with E-state index < -0.39 is 0 Å². The number of carbonyl (C=O) groups excluding carboxylic acids is 1. The predicted octanol–water partition coefficient (Wildman–Crippen LogP) is 1.19. The Morgan fingerprint density at radius 1 is 1.19 bits per heavy atom. The second-order valence-electron chi connectivity index (χ2n) is 6.76. The number of imidazole rings is 1. The van der Waals surface area contributed by atoms with Crippen LogP contribution in [0.2, 0.25) is 0 Å². The number of hydrogen-bond donors (Lipinski definition) is 2. The van der Waals surface area contributed by atoms with Gasteiger partial charge in [-0.05, 0) is 27.3 Å². The molecule has 0 radical (unpaired) electrons. The molecule has 27 heavy (non-hydrogen) atoms. The SMILES string of the molecule is CNC1CCN(c2cnc(C(=O)Nc3cn4cc(C)nc4c(C)n3)cn2)C1. The normalized spacial score (nSPS) is 16.9. The van der Waals surface area contributed by atoms with Gasteiger partial charge in [0.1, 0.15) is 17.3 Å². The van der Waals surface area contributed by atoms with Gasteiger partial charge in [0.2, 0.25) is 0 Å². The van der Waals surface area contributed by atoms with E-state index in [1.54, 1.807) is 12.4 Å². The molecule has 4 rings (SSSR count). The zero-order chi connectivity index (χ0) is 19.0. The maximum absolute atomic E-state index is 12.5. The van der Waals surface area contributed by atoms with E-state index in [1.165, 1.54) is 6.20 Å². The molecule has 1 atom stereocenters. The van der Waals surface area contributed by atoms with E-state index in [2.05, 4.69) is 35.5 Å². The van der Waals surface area contributed by atoms with Crippen molar-refractivity contribution >= 4 is 23.2 Å². The Bertz CT molecular complexity index is 981. The number of aryl methyl sites for hydroxylation is 2. The summed E-state index contributed by atoms with van der Waals surface area (Å²) in [5, 5.41) is 6.05. The van der Waals surface area contributed by atoms with Gasteiger partial charge in [-0.2, -0.15) is 0 Å². The quantitative estimate of drug-likeness (QED) is 0.715. The Kier molecular flexibility index (Phi) is 4.44. The first-order valence-electron chi connectivity index (χ1n) is 8.92. The van der Waals surface area contributed by atoms with Gasteiger partial charge in [-0.25, -0.2) is 19.9 Å². The van der Waals surface area contributed by atoms with Crippen LogP contribution in [0.15, 0.2) is 24.8 Å². The molecule has 1 amide bonds. The second kappa shape index (κ2) is 6.92. The van der Waals surface area contributed by atoms with Crippen molar-refractivity contribution in [1.82, 2.24) is 29.7 Å². The minimum Gasteiger partial charge on any atom is -0.354 e. The van der Waals surface area contributed by atoms with E-state index in [1.807, 2.05) is 31.5 Å². The topological polar surface area (TPSA) is 100 Å². The summed E-state index contributed by atoms with van der Waals surface area (Å²) < 4.78 is 1.85. The van der Waals surface area contributed by atoms with Crippen LogP contribution in [0.5, 0.6) is 0 Å². The standard InChI is InChI=1S/C18H22N8O/c1-11-8-26-10-15(23-12(2)17(26)22-11)24-18(27)14-6-21-16(7-20-14)25-5-4-13(9-25)19-3/h6-8,10,13,19H,4-5,9H2,1-3H3,(H,24,27).